The molecule has 1 aliphatic rings. The van der Waals surface area contributed by atoms with Crippen LogP contribution in [-0.4, -0.2) is 51.0 Å². The maximum Gasteiger partial charge on any atom is 0.252 e. The number of ether oxygens (including phenoxy) is 2. The van der Waals surface area contributed by atoms with Crippen molar-refractivity contribution in [1.29, 1.82) is 0 Å². The Morgan fingerprint density at radius 1 is 1.41 bits per heavy atom. The molecule has 122 valence electrons. The van der Waals surface area contributed by atoms with Crippen LogP contribution < -0.4 is 10.5 Å². The van der Waals surface area contributed by atoms with Gasteiger partial charge in [-0.25, -0.2) is 8.42 Å². The second-order valence-corrected chi connectivity index (χ2v) is 7.53. The van der Waals surface area contributed by atoms with Crippen LogP contribution in [0.1, 0.15) is 24.2 Å². The molecule has 0 aromatic heterocycles. The second-order valence-electron chi connectivity index (χ2n) is 5.67. The number of carbonyl (C=O) groups is 1. The summed E-state index contributed by atoms with van der Waals surface area (Å²) in [6, 6.07) is 4.09. The van der Waals surface area contributed by atoms with Gasteiger partial charge >= 0.3 is 0 Å². The topological polar surface area (TPSA) is 98.9 Å². The van der Waals surface area contributed by atoms with E-state index in [1.807, 2.05) is 0 Å². The number of hydrogen-bond acceptors (Lipinski definition) is 5. The number of sulfonamides is 1. The molecule has 0 aliphatic carbocycles. The summed E-state index contributed by atoms with van der Waals surface area (Å²) in [6.07, 6.45) is 0. The van der Waals surface area contributed by atoms with Gasteiger partial charge in [0.1, 0.15) is 5.75 Å². The van der Waals surface area contributed by atoms with Crippen molar-refractivity contribution in [1.82, 2.24) is 4.31 Å². The summed E-state index contributed by atoms with van der Waals surface area (Å²) in [4.78, 5) is 11.5. The predicted molar refractivity (Wildman–Crippen MR) is 80.3 cm³/mol. The van der Waals surface area contributed by atoms with Crippen LogP contribution in [0.15, 0.2) is 23.1 Å². The largest absolute Gasteiger partial charge is 0.496 e. The number of primary amides is 1. The summed E-state index contributed by atoms with van der Waals surface area (Å²) in [6.45, 7) is 4.49. The minimum Gasteiger partial charge on any atom is -0.496 e. The normalized spacial score (nSPS) is 18.9. The van der Waals surface area contributed by atoms with E-state index in [0.717, 1.165) is 0 Å². The number of rotatable bonds is 4. The van der Waals surface area contributed by atoms with Crippen molar-refractivity contribution in [2.75, 3.05) is 26.9 Å². The molecule has 0 saturated carbocycles. The highest BCUT2D eigenvalue weighted by Gasteiger charge is 2.40. The van der Waals surface area contributed by atoms with Gasteiger partial charge in [-0.15, -0.1) is 0 Å². The van der Waals surface area contributed by atoms with Gasteiger partial charge in [-0.1, -0.05) is 0 Å². The van der Waals surface area contributed by atoms with E-state index in [1.54, 1.807) is 13.8 Å². The molecule has 8 heteroatoms. The first kappa shape index (κ1) is 16.7. The predicted octanol–water partition coefficient (Wildman–Crippen LogP) is 0.594. The van der Waals surface area contributed by atoms with Gasteiger partial charge < -0.3 is 15.2 Å². The van der Waals surface area contributed by atoms with Crippen molar-refractivity contribution in [2.45, 2.75) is 24.3 Å². The fourth-order valence-electron chi connectivity index (χ4n) is 2.46. The molecule has 0 bridgehead atoms. The lowest BCUT2D eigenvalue weighted by atomic mass is 10.1. The average Bonchev–Trinajstić information content (AvgIpc) is 2.45. The molecule has 1 aromatic carbocycles. The summed E-state index contributed by atoms with van der Waals surface area (Å²) in [5, 5.41) is 0. The molecule has 1 saturated heterocycles. The number of methoxy groups -OCH3 is 1. The molecule has 1 amide bonds. The summed E-state index contributed by atoms with van der Waals surface area (Å²) in [7, 11) is -2.37. The molecule has 1 aliphatic heterocycles. The van der Waals surface area contributed by atoms with Crippen molar-refractivity contribution >= 4 is 15.9 Å². The number of benzene rings is 1. The molecular weight excluding hydrogens is 308 g/mol. The molecule has 1 fully saturated rings. The Hall–Kier alpha value is -1.64. The molecule has 1 heterocycles. The van der Waals surface area contributed by atoms with Crippen molar-refractivity contribution < 1.29 is 22.7 Å². The third-order valence-electron chi connectivity index (χ3n) is 3.59. The Morgan fingerprint density at radius 3 is 2.64 bits per heavy atom. The fraction of sp³-hybridized carbons (Fsp3) is 0.500. The number of amides is 1. The van der Waals surface area contributed by atoms with E-state index < -0.39 is 21.5 Å². The average molecular weight is 328 g/mol. The van der Waals surface area contributed by atoms with Crippen LogP contribution >= 0.6 is 0 Å². The van der Waals surface area contributed by atoms with Crippen LogP contribution in [0.4, 0.5) is 0 Å². The highest BCUT2D eigenvalue weighted by atomic mass is 32.2. The van der Waals surface area contributed by atoms with Crippen molar-refractivity contribution in [2.24, 2.45) is 5.73 Å². The van der Waals surface area contributed by atoms with Crippen LogP contribution in [-0.2, 0) is 14.8 Å². The Labute approximate surface area is 130 Å². The Balaban J connectivity index is 2.50. The monoisotopic (exact) mass is 328 g/mol. The summed E-state index contributed by atoms with van der Waals surface area (Å²) in [5.41, 5.74) is 4.66. The lowest BCUT2D eigenvalue weighted by Crippen LogP contribution is -2.55. The molecule has 0 atom stereocenters. The van der Waals surface area contributed by atoms with Gasteiger partial charge in [0.25, 0.3) is 5.91 Å². The minimum absolute atomic E-state index is 0.0112. The summed E-state index contributed by atoms with van der Waals surface area (Å²) < 4.78 is 37.5. The number of hydrogen-bond donors (Lipinski definition) is 1. The molecule has 7 nitrogen and oxygen atoms in total. The van der Waals surface area contributed by atoms with Crippen LogP contribution in [0, 0.1) is 0 Å². The fourth-order valence-corrected chi connectivity index (χ4v) is 4.24. The molecule has 2 N–H and O–H groups in total. The van der Waals surface area contributed by atoms with E-state index in [0.29, 0.717) is 13.2 Å². The highest BCUT2D eigenvalue weighted by Crippen LogP contribution is 2.29. The van der Waals surface area contributed by atoms with Crippen molar-refractivity contribution in [3.05, 3.63) is 23.8 Å². The highest BCUT2D eigenvalue weighted by molar-refractivity contribution is 7.89. The lowest BCUT2D eigenvalue weighted by Gasteiger charge is -2.40. The van der Waals surface area contributed by atoms with Crippen molar-refractivity contribution in [3.63, 3.8) is 0 Å². The van der Waals surface area contributed by atoms with E-state index in [2.05, 4.69) is 0 Å². The van der Waals surface area contributed by atoms with E-state index in [9.17, 15) is 13.2 Å². The first-order valence-electron chi connectivity index (χ1n) is 6.78. The maximum absolute atomic E-state index is 12.9. The van der Waals surface area contributed by atoms with Crippen LogP contribution in [0.5, 0.6) is 5.75 Å². The van der Waals surface area contributed by atoms with Crippen molar-refractivity contribution in [3.8, 4) is 5.75 Å². The molecule has 22 heavy (non-hydrogen) atoms. The molecule has 0 unspecified atom stereocenters. The van der Waals surface area contributed by atoms with Gasteiger partial charge in [0.05, 0.1) is 36.3 Å². The Kier molecular flexibility index (Phi) is 4.46. The third kappa shape index (κ3) is 2.94. The van der Waals surface area contributed by atoms with Crippen LogP contribution in [0.25, 0.3) is 0 Å². The standard InChI is InChI=1S/C14H20N2O5S/c1-14(2)9-21-7-6-16(14)22(18,19)10-4-5-12(20-3)11(8-10)13(15)17/h4-5,8H,6-7,9H2,1-3H3,(H2,15,17). The van der Waals surface area contributed by atoms with Crippen LogP contribution in [0.3, 0.4) is 0 Å². The second kappa shape index (κ2) is 5.86. The number of morpholine rings is 1. The van der Waals surface area contributed by atoms with Gasteiger partial charge in [-0.2, -0.15) is 4.31 Å². The van der Waals surface area contributed by atoms with E-state index >= 15 is 0 Å². The van der Waals surface area contributed by atoms with Gasteiger partial charge in [-0.3, -0.25) is 4.79 Å². The summed E-state index contributed by atoms with van der Waals surface area (Å²) in [5.74, 6) is -0.497. The smallest absolute Gasteiger partial charge is 0.252 e. The minimum atomic E-state index is -3.76. The SMILES string of the molecule is COc1ccc(S(=O)(=O)N2CCOCC2(C)C)cc1C(N)=O. The Morgan fingerprint density at radius 2 is 2.09 bits per heavy atom. The molecular formula is C14H20N2O5S. The van der Waals surface area contributed by atoms with Gasteiger partial charge in [0.2, 0.25) is 10.0 Å². The first-order valence-corrected chi connectivity index (χ1v) is 8.22. The van der Waals surface area contributed by atoms with Crippen LogP contribution in [0.2, 0.25) is 0 Å². The number of carbonyl (C=O) groups excluding carboxylic acids is 1. The van der Waals surface area contributed by atoms with Gasteiger partial charge in [0.15, 0.2) is 0 Å². The molecule has 0 spiro atoms. The first-order chi connectivity index (χ1) is 10.2. The zero-order valence-electron chi connectivity index (χ0n) is 12.8. The molecule has 0 radical (unpaired) electrons. The van der Waals surface area contributed by atoms with Gasteiger partial charge in [0, 0.05) is 6.54 Å². The third-order valence-corrected chi connectivity index (χ3v) is 5.70. The Bertz CT molecular complexity index is 684. The number of nitrogens with zero attached hydrogens (tertiary/aromatic N) is 1. The lowest BCUT2D eigenvalue weighted by molar-refractivity contribution is -0.00770. The van der Waals surface area contributed by atoms with E-state index in [1.165, 1.54) is 29.6 Å². The van der Waals surface area contributed by atoms with E-state index in [4.69, 9.17) is 15.2 Å². The molecule has 1 aromatic rings. The molecule has 2 rings (SSSR count). The zero-order chi connectivity index (χ0) is 16.5. The zero-order valence-corrected chi connectivity index (χ0v) is 13.6. The quantitative estimate of drug-likeness (QED) is 0.872. The van der Waals surface area contributed by atoms with Gasteiger partial charge in [-0.05, 0) is 32.0 Å². The maximum atomic E-state index is 12.9. The summed E-state index contributed by atoms with van der Waals surface area (Å²) >= 11 is 0. The van der Waals surface area contributed by atoms with E-state index in [-0.39, 0.29) is 22.8 Å². The number of nitrogens with two attached hydrogens (primary N) is 1.